The van der Waals surface area contributed by atoms with E-state index in [4.69, 9.17) is 14.2 Å². The highest BCUT2D eigenvalue weighted by Crippen LogP contribution is 2.18. The van der Waals surface area contributed by atoms with Crippen LogP contribution in [0.3, 0.4) is 0 Å². The summed E-state index contributed by atoms with van der Waals surface area (Å²) in [6.45, 7) is 15.9. The Morgan fingerprint density at radius 1 is 0.283 bits per heavy atom. The van der Waals surface area contributed by atoms with Crippen LogP contribution < -0.4 is 0 Å². The van der Waals surface area contributed by atoms with Crippen LogP contribution in [0.15, 0.2) is 0 Å². The summed E-state index contributed by atoms with van der Waals surface area (Å²) in [6.07, 6.45) is 40.6. The van der Waals surface area contributed by atoms with Crippen LogP contribution in [0.5, 0.6) is 0 Å². The van der Waals surface area contributed by atoms with E-state index in [9.17, 15) is 0 Å². The van der Waals surface area contributed by atoms with Crippen LogP contribution in [0, 0.1) is 0 Å². The minimum Gasteiger partial charge on any atom is -0.363 e. The second-order valence-electron chi connectivity index (χ2n) is 14.4. The van der Waals surface area contributed by atoms with Gasteiger partial charge in [0.05, 0.1) is 0 Å². The van der Waals surface area contributed by atoms with Crippen molar-refractivity contribution in [2.45, 2.75) is 253 Å². The summed E-state index contributed by atoms with van der Waals surface area (Å²) in [4.78, 5) is 2.32. The molecule has 3 unspecified atom stereocenters. The Kier molecular flexibility index (Phi) is 37.5. The molecule has 0 saturated carbocycles. The fraction of sp³-hybridized carbons (Fsp3) is 1.00. The number of hydrogen-bond acceptors (Lipinski definition) is 4. The molecular weight excluding hydrogens is 566 g/mol. The topological polar surface area (TPSA) is 30.9 Å². The Morgan fingerprint density at radius 3 is 0.652 bits per heavy atom. The Morgan fingerprint density at radius 2 is 0.457 bits per heavy atom. The van der Waals surface area contributed by atoms with Gasteiger partial charge in [0.25, 0.3) is 0 Å². The lowest BCUT2D eigenvalue weighted by molar-refractivity contribution is -0.210. The van der Waals surface area contributed by atoms with Gasteiger partial charge < -0.3 is 14.2 Å². The van der Waals surface area contributed by atoms with E-state index in [1.807, 2.05) is 0 Å². The maximum atomic E-state index is 6.40. The minimum atomic E-state index is -0.0102. The molecule has 0 saturated heterocycles. The second-order valence-corrected chi connectivity index (χ2v) is 14.4. The lowest BCUT2D eigenvalue weighted by Crippen LogP contribution is -2.49. The molecular formula is C42H87NO3. The van der Waals surface area contributed by atoms with Gasteiger partial charge in [0.1, 0.15) is 18.7 Å². The van der Waals surface area contributed by atoms with Crippen molar-refractivity contribution in [3.8, 4) is 0 Å². The third kappa shape index (κ3) is 31.1. The summed E-state index contributed by atoms with van der Waals surface area (Å²) in [6, 6.07) is 0. The number of ether oxygens (including phenoxy) is 3. The number of rotatable bonds is 39. The summed E-state index contributed by atoms with van der Waals surface area (Å²) in [5, 5.41) is 0. The zero-order chi connectivity index (χ0) is 33.8. The molecule has 0 aliphatic rings. The van der Waals surface area contributed by atoms with E-state index < -0.39 is 0 Å². The van der Waals surface area contributed by atoms with Crippen molar-refractivity contribution in [2.75, 3.05) is 19.8 Å². The Bertz CT molecular complexity index is 483. The Hall–Kier alpha value is -0.160. The van der Waals surface area contributed by atoms with E-state index in [1.165, 1.54) is 173 Å². The lowest BCUT2D eigenvalue weighted by Gasteiger charge is -2.38. The first-order valence-corrected chi connectivity index (χ1v) is 21.2. The van der Waals surface area contributed by atoms with Gasteiger partial charge in [0.15, 0.2) is 0 Å². The summed E-state index contributed by atoms with van der Waals surface area (Å²) >= 11 is 0. The average molecular weight is 654 g/mol. The minimum absolute atomic E-state index is 0.0102. The van der Waals surface area contributed by atoms with Crippen molar-refractivity contribution >= 4 is 0 Å². The molecule has 46 heavy (non-hydrogen) atoms. The van der Waals surface area contributed by atoms with Gasteiger partial charge >= 0.3 is 0 Å². The smallest absolute Gasteiger partial charge is 0.111 e. The molecule has 0 aromatic carbocycles. The van der Waals surface area contributed by atoms with Crippen molar-refractivity contribution in [3.63, 3.8) is 0 Å². The van der Waals surface area contributed by atoms with Gasteiger partial charge in [-0.05, 0) is 40.0 Å². The molecule has 0 aromatic heterocycles. The molecule has 0 amide bonds. The molecule has 4 nitrogen and oxygen atoms in total. The van der Waals surface area contributed by atoms with E-state index in [0.717, 1.165) is 39.1 Å². The summed E-state index contributed by atoms with van der Waals surface area (Å²) < 4.78 is 19.2. The fourth-order valence-corrected chi connectivity index (χ4v) is 6.68. The first kappa shape index (κ1) is 45.8. The zero-order valence-electron chi connectivity index (χ0n) is 32.7. The third-order valence-corrected chi connectivity index (χ3v) is 9.83. The summed E-state index contributed by atoms with van der Waals surface area (Å²) in [7, 11) is 0. The van der Waals surface area contributed by atoms with E-state index >= 15 is 0 Å². The highest BCUT2D eigenvalue weighted by atomic mass is 16.6. The van der Waals surface area contributed by atoms with Crippen molar-refractivity contribution < 1.29 is 14.2 Å². The van der Waals surface area contributed by atoms with Gasteiger partial charge in [-0.3, -0.25) is 0 Å². The lowest BCUT2D eigenvalue weighted by atomic mass is 10.1. The van der Waals surface area contributed by atoms with Crippen LogP contribution in [-0.2, 0) is 14.2 Å². The van der Waals surface area contributed by atoms with E-state index in [1.54, 1.807) is 0 Å². The first-order chi connectivity index (χ1) is 22.6. The number of unbranched alkanes of at least 4 members (excludes halogenated alkanes) is 27. The standard InChI is InChI=1S/C42H87NO3/c1-7-10-13-16-19-22-25-28-31-34-37-44-40(4)43(41(5)45-38-35-32-29-26-23-20-17-14-11-8-2)42(6)46-39-36-33-30-27-24-21-18-15-12-9-3/h40-42H,7-39H2,1-6H3. The maximum absolute atomic E-state index is 6.40. The van der Waals surface area contributed by atoms with Crippen LogP contribution in [-0.4, -0.2) is 43.4 Å². The second kappa shape index (κ2) is 37.7. The van der Waals surface area contributed by atoms with Crippen molar-refractivity contribution in [2.24, 2.45) is 0 Å². The van der Waals surface area contributed by atoms with Crippen LogP contribution >= 0.6 is 0 Å². The average Bonchev–Trinajstić information content (AvgIpc) is 3.05. The molecule has 4 heteroatoms. The highest BCUT2D eigenvalue weighted by Gasteiger charge is 2.27. The van der Waals surface area contributed by atoms with Gasteiger partial charge in [0, 0.05) is 19.8 Å². The molecule has 0 aromatic rings. The molecule has 3 atom stereocenters. The van der Waals surface area contributed by atoms with Crippen LogP contribution in [0.25, 0.3) is 0 Å². The molecule has 0 aliphatic heterocycles. The number of nitrogens with zero attached hydrogens (tertiary/aromatic N) is 1. The van der Waals surface area contributed by atoms with Crippen LogP contribution in [0.1, 0.15) is 234 Å². The predicted molar refractivity (Wildman–Crippen MR) is 204 cm³/mol. The number of hydrogen-bond donors (Lipinski definition) is 0. The molecule has 0 N–H and O–H groups in total. The normalized spacial score (nSPS) is 13.9. The molecule has 0 fully saturated rings. The summed E-state index contributed by atoms with van der Waals surface area (Å²) in [5.74, 6) is 0. The SMILES string of the molecule is CCCCCCCCCCCCOC(C)N(C(C)OCCCCCCCCCCCC)C(C)OCCCCCCCCCCCC. The van der Waals surface area contributed by atoms with Gasteiger partial charge in [-0.15, -0.1) is 0 Å². The molecule has 0 radical (unpaired) electrons. The quantitative estimate of drug-likeness (QED) is 0.0488. The molecule has 0 bridgehead atoms. The van der Waals surface area contributed by atoms with Crippen molar-refractivity contribution in [3.05, 3.63) is 0 Å². The molecule has 0 spiro atoms. The Labute approximate surface area is 291 Å². The van der Waals surface area contributed by atoms with Gasteiger partial charge in [-0.25, -0.2) is 4.90 Å². The highest BCUT2D eigenvalue weighted by molar-refractivity contribution is 4.65. The molecule has 0 rings (SSSR count). The van der Waals surface area contributed by atoms with E-state index in [0.29, 0.717) is 0 Å². The molecule has 0 heterocycles. The van der Waals surface area contributed by atoms with Crippen molar-refractivity contribution in [1.82, 2.24) is 4.90 Å². The van der Waals surface area contributed by atoms with E-state index in [-0.39, 0.29) is 18.7 Å². The fourth-order valence-electron chi connectivity index (χ4n) is 6.68. The third-order valence-electron chi connectivity index (χ3n) is 9.83. The van der Waals surface area contributed by atoms with Gasteiger partial charge in [0.2, 0.25) is 0 Å². The zero-order valence-corrected chi connectivity index (χ0v) is 32.7. The molecule has 278 valence electrons. The van der Waals surface area contributed by atoms with Crippen molar-refractivity contribution in [1.29, 1.82) is 0 Å². The van der Waals surface area contributed by atoms with Crippen LogP contribution in [0.4, 0.5) is 0 Å². The Balaban J connectivity index is 4.37. The largest absolute Gasteiger partial charge is 0.363 e. The van der Waals surface area contributed by atoms with Gasteiger partial charge in [-0.1, -0.05) is 194 Å². The van der Waals surface area contributed by atoms with Gasteiger partial charge in [-0.2, -0.15) is 0 Å². The monoisotopic (exact) mass is 654 g/mol. The van der Waals surface area contributed by atoms with Crippen LogP contribution in [0.2, 0.25) is 0 Å². The predicted octanol–water partition coefficient (Wildman–Crippen LogP) is 14.1. The first-order valence-electron chi connectivity index (χ1n) is 21.2. The molecule has 0 aliphatic carbocycles. The van der Waals surface area contributed by atoms with E-state index in [2.05, 4.69) is 46.4 Å². The maximum Gasteiger partial charge on any atom is 0.111 e. The summed E-state index contributed by atoms with van der Waals surface area (Å²) in [5.41, 5.74) is 0.